The summed E-state index contributed by atoms with van der Waals surface area (Å²) < 4.78 is 84.8. The van der Waals surface area contributed by atoms with E-state index in [0.717, 1.165) is 6.42 Å². The summed E-state index contributed by atoms with van der Waals surface area (Å²) in [5, 5.41) is 0.316. The molecule has 0 radical (unpaired) electrons. The zero-order chi connectivity index (χ0) is 21.8. The lowest BCUT2D eigenvalue weighted by molar-refractivity contribution is -0.143. The lowest BCUT2D eigenvalue weighted by atomic mass is 10.0. The maximum atomic E-state index is 13.2. The zero-order valence-electron chi connectivity index (χ0n) is 15.6. The Kier molecular flexibility index (Phi) is 7.33. The highest BCUT2D eigenvalue weighted by Gasteiger charge is 2.42. The molecule has 0 saturated carbocycles. The number of alkyl halides is 6. The van der Waals surface area contributed by atoms with Gasteiger partial charge in [-0.15, -0.1) is 0 Å². The summed E-state index contributed by atoms with van der Waals surface area (Å²) in [6, 6.07) is 7.62. The largest absolute Gasteiger partial charge is 0.494 e. The molecule has 9 heteroatoms. The zero-order valence-corrected chi connectivity index (χ0v) is 16.6. The lowest BCUT2D eigenvalue weighted by Gasteiger charge is -2.17. The Balaban J connectivity index is 2.26. The summed E-state index contributed by atoms with van der Waals surface area (Å²) in [6.07, 6.45) is -9.33. The van der Waals surface area contributed by atoms with E-state index in [2.05, 4.69) is 0 Å². The van der Waals surface area contributed by atoms with E-state index in [1.165, 1.54) is 24.3 Å². The van der Waals surface area contributed by atoms with Crippen LogP contribution >= 0.6 is 8.58 Å². The molecule has 0 saturated heterocycles. The monoisotopic (exact) mass is 436 g/mol. The molecule has 0 aliphatic rings. The molecule has 2 aromatic rings. The molecule has 0 spiro atoms. The van der Waals surface area contributed by atoms with Crippen LogP contribution in [-0.4, -0.2) is 12.1 Å². The third-order valence-corrected chi connectivity index (χ3v) is 5.08. The van der Waals surface area contributed by atoms with Gasteiger partial charge in [0.15, 0.2) is 5.52 Å². The number of hydrogen-bond donors (Lipinski definition) is 0. The van der Waals surface area contributed by atoms with E-state index in [1.807, 2.05) is 13.8 Å². The number of ether oxygens (including phenoxy) is 1. The molecule has 0 amide bonds. The molecular weight excluding hydrogens is 417 g/mol. The summed E-state index contributed by atoms with van der Waals surface area (Å²) in [5.74, 6) is 0.961. The van der Waals surface area contributed by atoms with Crippen LogP contribution in [0.4, 0.5) is 26.3 Å². The van der Waals surface area contributed by atoms with Gasteiger partial charge in [0.25, 0.3) is 0 Å². The minimum absolute atomic E-state index is 0.316. The van der Waals surface area contributed by atoms with E-state index in [-0.39, 0.29) is 0 Å². The van der Waals surface area contributed by atoms with Crippen molar-refractivity contribution in [1.82, 2.24) is 0 Å². The molecule has 0 aliphatic heterocycles. The average Bonchev–Trinajstić information content (AvgIpc) is 2.60. The van der Waals surface area contributed by atoms with Crippen molar-refractivity contribution < 1.29 is 35.9 Å². The standard InChI is InChI=1S/C20H19F6O2P/c1-12(2)10-11-28-13-6-8-14(9-7-13)29-18(27)17-15(19(21,22)23)4-3-5-16(17)20(24,25)26/h3-9,12,29H,10-11H2,1-2H3. The second-order valence-corrected chi connectivity index (χ2v) is 8.01. The van der Waals surface area contributed by atoms with Crippen LogP contribution in [0.25, 0.3) is 0 Å². The van der Waals surface area contributed by atoms with Crippen molar-refractivity contribution in [2.45, 2.75) is 32.6 Å². The quantitative estimate of drug-likeness (QED) is 0.377. The van der Waals surface area contributed by atoms with E-state index in [0.29, 0.717) is 41.8 Å². The maximum Gasteiger partial charge on any atom is 0.417 e. The molecule has 2 aromatic carbocycles. The Hall–Kier alpha value is -2.08. The Morgan fingerprint density at radius 1 is 0.931 bits per heavy atom. The molecule has 0 N–H and O–H groups in total. The van der Waals surface area contributed by atoms with Crippen LogP contribution in [0.5, 0.6) is 5.75 Å². The third kappa shape index (κ3) is 6.46. The molecule has 0 aromatic heterocycles. The van der Waals surface area contributed by atoms with Gasteiger partial charge in [0, 0.05) is 5.56 Å². The van der Waals surface area contributed by atoms with Crippen LogP contribution in [0.2, 0.25) is 0 Å². The average molecular weight is 436 g/mol. The minimum atomic E-state index is -5.08. The SMILES string of the molecule is CC(C)CCOc1ccc(PC(=O)c2c(C(F)(F)F)cccc2C(F)(F)F)cc1. The van der Waals surface area contributed by atoms with Gasteiger partial charge in [0.1, 0.15) is 5.75 Å². The smallest absolute Gasteiger partial charge is 0.417 e. The summed E-state index contributed by atoms with van der Waals surface area (Å²) >= 11 is 0. The molecule has 0 aliphatic carbocycles. The van der Waals surface area contributed by atoms with Crippen LogP contribution in [0, 0.1) is 5.92 Å². The van der Waals surface area contributed by atoms with Crippen LogP contribution in [0.1, 0.15) is 41.8 Å². The summed E-state index contributed by atoms with van der Waals surface area (Å²) in [7, 11) is -0.893. The van der Waals surface area contributed by atoms with Crippen molar-refractivity contribution in [3.05, 3.63) is 59.2 Å². The molecule has 1 unspecified atom stereocenters. The van der Waals surface area contributed by atoms with Crippen LogP contribution < -0.4 is 10.0 Å². The summed E-state index contributed by atoms with van der Waals surface area (Å²) in [5.41, 5.74) is -5.74. The number of carbonyl (C=O) groups is 1. The highest BCUT2D eigenvalue weighted by atomic mass is 31.1. The predicted molar refractivity (Wildman–Crippen MR) is 100 cm³/mol. The third-order valence-electron chi connectivity index (χ3n) is 3.98. The second-order valence-electron chi connectivity index (χ2n) is 6.73. The lowest BCUT2D eigenvalue weighted by Crippen LogP contribution is -2.19. The van der Waals surface area contributed by atoms with E-state index >= 15 is 0 Å². The molecule has 29 heavy (non-hydrogen) atoms. The minimum Gasteiger partial charge on any atom is -0.494 e. The Morgan fingerprint density at radius 3 is 1.90 bits per heavy atom. The van der Waals surface area contributed by atoms with Gasteiger partial charge < -0.3 is 4.74 Å². The fourth-order valence-electron chi connectivity index (χ4n) is 2.51. The topological polar surface area (TPSA) is 26.3 Å². The highest BCUT2D eigenvalue weighted by molar-refractivity contribution is 7.66. The Labute approximate surface area is 166 Å². The van der Waals surface area contributed by atoms with Gasteiger partial charge in [-0.05, 0) is 50.5 Å². The van der Waals surface area contributed by atoms with Gasteiger partial charge >= 0.3 is 12.4 Å². The van der Waals surface area contributed by atoms with Crippen molar-refractivity contribution in [3.8, 4) is 5.75 Å². The first-order valence-corrected chi connectivity index (χ1v) is 9.71. The number of carbonyl (C=O) groups excluding carboxylic acids is 1. The first-order valence-electron chi connectivity index (χ1n) is 8.71. The van der Waals surface area contributed by atoms with Crippen molar-refractivity contribution >= 4 is 19.4 Å². The maximum absolute atomic E-state index is 13.2. The molecule has 2 rings (SSSR count). The highest BCUT2D eigenvalue weighted by Crippen LogP contribution is 2.41. The number of halogens is 6. The first-order chi connectivity index (χ1) is 13.4. The van der Waals surface area contributed by atoms with Gasteiger partial charge in [0.2, 0.25) is 0 Å². The molecule has 1 atom stereocenters. The van der Waals surface area contributed by atoms with Gasteiger partial charge in [0.05, 0.1) is 17.7 Å². The van der Waals surface area contributed by atoms with E-state index in [4.69, 9.17) is 4.74 Å². The number of benzene rings is 2. The first kappa shape index (κ1) is 23.2. The fraction of sp³-hybridized carbons (Fsp3) is 0.350. The summed E-state index contributed by atoms with van der Waals surface area (Å²) in [4.78, 5) is 12.5. The van der Waals surface area contributed by atoms with Crippen molar-refractivity contribution in [2.75, 3.05) is 6.61 Å². The normalized spacial score (nSPS) is 12.7. The van der Waals surface area contributed by atoms with Crippen molar-refractivity contribution in [2.24, 2.45) is 5.92 Å². The fourth-order valence-corrected chi connectivity index (χ4v) is 3.50. The van der Waals surface area contributed by atoms with E-state index in [1.54, 1.807) is 0 Å². The Morgan fingerprint density at radius 2 is 1.45 bits per heavy atom. The van der Waals surface area contributed by atoms with Crippen molar-refractivity contribution in [1.29, 1.82) is 0 Å². The second kappa shape index (κ2) is 9.16. The van der Waals surface area contributed by atoms with Gasteiger partial charge in [-0.1, -0.05) is 32.0 Å². The molecular formula is C20H19F6O2P. The molecule has 0 fully saturated rings. The molecule has 158 valence electrons. The van der Waals surface area contributed by atoms with E-state index in [9.17, 15) is 31.1 Å². The van der Waals surface area contributed by atoms with E-state index < -0.39 is 43.1 Å². The molecule has 0 heterocycles. The molecule has 2 nitrogen and oxygen atoms in total. The Bertz CT molecular complexity index is 809. The predicted octanol–water partition coefficient (Wildman–Crippen LogP) is 6.29. The van der Waals surface area contributed by atoms with Crippen molar-refractivity contribution in [3.63, 3.8) is 0 Å². The van der Waals surface area contributed by atoms with Gasteiger partial charge in [-0.25, -0.2) is 0 Å². The van der Waals surface area contributed by atoms with Crippen LogP contribution in [-0.2, 0) is 12.4 Å². The number of rotatable bonds is 7. The van der Waals surface area contributed by atoms with Crippen LogP contribution in [0.15, 0.2) is 42.5 Å². The number of hydrogen-bond acceptors (Lipinski definition) is 2. The van der Waals surface area contributed by atoms with Gasteiger partial charge in [-0.2, -0.15) is 26.3 Å². The van der Waals surface area contributed by atoms with Gasteiger partial charge in [-0.3, -0.25) is 4.79 Å². The summed E-state index contributed by atoms with van der Waals surface area (Å²) in [6.45, 7) is 4.55. The molecule has 0 bridgehead atoms. The van der Waals surface area contributed by atoms with Crippen LogP contribution in [0.3, 0.4) is 0 Å².